The lowest BCUT2D eigenvalue weighted by Gasteiger charge is -2.25. The van der Waals surface area contributed by atoms with Gasteiger partial charge in [-0.3, -0.25) is 5.73 Å². The van der Waals surface area contributed by atoms with Crippen LogP contribution in [-0.2, 0) is 0 Å². The van der Waals surface area contributed by atoms with Crippen molar-refractivity contribution in [1.29, 1.82) is 0 Å². The summed E-state index contributed by atoms with van der Waals surface area (Å²) in [7, 11) is 0. The number of alkyl halides is 7. The van der Waals surface area contributed by atoms with Gasteiger partial charge in [-0.1, -0.05) is 6.92 Å². The zero-order valence-corrected chi connectivity index (χ0v) is 10.8. The quantitative estimate of drug-likeness (QED) is 0.286. The molecule has 0 aliphatic heterocycles. The molecular formula is C8H9Cl2F7N2. The van der Waals surface area contributed by atoms with E-state index in [9.17, 15) is 30.7 Å². The topological polar surface area (TPSA) is 40.0 Å². The van der Waals surface area contributed by atoms with Crippen molar-refractivity contribution in [2.24, 2.45) is 5.73 Å². The zero-order chi connectivity index (χ0) is 14.8. The summed E-state index contributed by atoms with van der Waals surface area (Å²) in [6, 6.07) is 0. The van der Waals surface area contributed by atoms with Gasteiger partial charge in [0.05, 0.1) is 0 Å². The van der Waals surface area contributed by atoms with Crippen LogP contribution in [0.4, 0.5) is 30.7 Å². The molecule has 0 aliphatic rings. The van der Waals surface area contributed by atoms with Crippen LogP contribution in [0, 0.1) is 0 Å². The summed E-state index contributed by atoms with van der Waals surface area (Å²) in [5.74, 6) is -14.0. The molecule has 11 heteroatoms. The highest BCUT2D eigenvalue weighted by atomic mass is 35.5. The van der Waals surface area contributed by atoms with Crippen LogP contribution in [0.15, 0.2) is 11.2 Å². The van der Waals surface area contributed by atoms with E-state index < -0.39 is 29.0 Å². The number of allylic oxidation sites excluding steroid dienone is 1. The van der Waals surface area contributed by atoms with Crippen LogP contribution in [-0.4, -0.2) is 23.9 Å². The highest BCUT2D eigenvalue weighted by Gasteiger charge is 2.76. The average molecular weight is 337 g/mol. The monoisotopic (exact) mass is 336 g/mol. The Morgan fingerprint density at radius 3 is 1.89 bits per heavy atom. The molecule has 114 valence electrons. The first-order chi connectivity index (χ1) is 7.88. The molecule has 0 atom stereocenters. The predicted octanol–water partition coefficient (Wildman–Crippen LogP) is -1.25. The fraction of sp³-hybridized carbons (Fsp3) is 0.625. The minimum absolute atomic E-state index is 0. The van der Waals surface area contributed by atoms with Crippen molar-refractivity contribution in [2.75, 3.05) is 0 Å². The van der Waals surface area contributed by atoms with E-state index in [4.69, 9.17) is 11.6 Å². The van der Waals surface area contributed by atoms with Crippen molar-refractivity contribution in [1.82, 2.24) is 0 Å². The molecule has 19 heavy (non-hydrogen) atoms. The van der Waals surface area contributed by atoms with E-state index >= 15 is 0 Å². The van der Waals surface area contributed by atoms with Gasteiger partial charge >= 0.3 is 23.9 Å². The van der Waals surface area contributed by atoms with Crippen LogP contribution in [0.2, 0.25) is 0 Å². The predicted molar refractivity (Wildman–Crippen MR) is 50.3 cm³/mol. The standard InChI is InChI=1S/C8H8ClF7N2.ClH/c1-2-3-4(9)18-5(17)6(10,11)7(12,13)8(14,15)16;/h3H,2H2,1H3,(H2,17,18);1H/b4-3+;. The van der Waals surface area contributed by atoms with Crippen LogP contribution in [0.5, 0.6) is 0 Å². The van der Waals surface area contributed by atoms with Gasteiger partial charge in [-0.05, 0) is 24.1 Å². The smallest absolute Gasteiger partial charge is 0.460 e. The largest absolute Gasteiger partial charge is 1.00 e. The van der Waals surface area contributed by atoms with Crippen molar-refractivity contribution in [2.45, 2.75) is 31.4 Å². The lowest BCUT2D eigenvalue weighted by Crippen LogP contribution is -3.00. The SMILES string of the molecule is CC/C=C(Cl)/[NH+]=C(/N)C(F)(F)C(F)(F)C(F)(F)F.[Cl-]. The molecule has 0 aliphatic carbocycles. The maximum Gasteiger partial charge on any atom is 0.460 e. The third kappa shape index (κ3) is 4.41. The van der Waals surface area contributed by atoms with E-state index in [0.717, 1.165) is 6.08 Å². The molecule has 0 heterocycles. The highest BCUT2D eigenvalue weighted by Crippen LogP contribution is 2.45. The second-order valence-electron chi connectivity index (χ2n) is 3.15. The number of halogens is 9. The van der Waals surface area contributed by atoms with Crippen LogP contribution in [0.25, 0.3) is 0 Å². The maximum absolute atomic E-state index is 12.9. The van der Waals surface area contributed by atoms with Gasteiger partial charge in [0.25, 0.3) is 0 Å². The number of nitrogens with one attached hydrogen (secondary N) is 1. The highest BCUT2D eigenvalue weighted by molar-refractivity contribution is 6.27. The first-order valence-electron chi connectivity index (χ1n) is 4.45. The van der Waals surface area contributed by atoms with Crippen molar-refractivity contribution in [3.8, 4) is 0 Å². The van der Waals surface area contributed by atoms with Gasteiger partial charge in [0.15, 0.2) is 5.16 Å². The molecule has 0 spiro atoms. The van der Waals surface area contributed by atoms with Crippen molar-refractivity contribution in [3.05, 3.63) is 11.2 Å². The molecule has 0 saturated heterocycles. The Morgan fingerprint density at radius 1 is 1.16 bits per heavy atom. The molecule has 2 nitrogen and oxygen atoms in total. The Bertz CT molecular complexity index is 363. The van der Waals surface area contributed by atoms with Gasteiger partial charge in [-0.15, -0.1) is 0 Å². The van der Waals surface area contributed by atoms with Gasteiger partial charge in [0.1, 0.15) is 0 Å². The zero-order valence-electron chi connectivity index (χ0n) is 9.26. The number of rotatable bonds is 4. The van der Waals surface area contributed by atoms with Crippen molar-refractivity contribution in [3.63, 3.8) is 0 Å². The Balaban J connectivity index is 0. The molecule has 0 aromatic rings. The van der Waals surface area contributed by atoms with E-state index in [1.807, 2.05) is 0 Å². The fourth-order valence-electron chi connectivity index (χ4n) is 0.785. The van der Waals surface area contributed by atoms with Crippen LogP contribution in [0.1, 0.15) is 13.3 Å². The third-order valence-corrected chi connectivity index (χ3v) is 1.97. The molecule has 0 saturated carbocycles. The lowest BCUT2D eigenvalue weighted by atomic mass is 10.1. The average Bonchev–Trinajstić information content (AvgIpc) is 2.15. The van der Waals surface area contributed by atoms with Gasteiger partial charge in [0.2, 0.25) is 0 Å². The second-order valence-corrected chi connectivity index (χ2v) is 3.55. The minimum atomic E-state index is -6.44. The molecule has 0 bridgehead atoms. The van der Waals surface area contributed by atoms with Crippen LogP contribution in [0.3, 0.4) is 0 Å². The number of hydrogen-bond acceptors (Lipinski definition) is 0. The van der Waals surface area contributed by atoms with Crippen LogP contribution >= 0.6 is 11.6 Å². The first-order valence-corrected chi connectivity index (χ1v) is 4.83. The summed E-state index contributed by atoms with van der Waals surface area (Å²) in [6.07, 6.45) is -5.14. The van der Waals surface area contributed by atoms with E-state index in [1.54, 1.807) is 0 Å². The van der Waals surface area contributed by atoms with E-state index in [1.165, 1.54) is 11.9 Å². The third-order valence-electron chi connectivity index (χ3n) is 1.73. The molecular weight excluding hydrogens is 328 g/mol. The number of nitrogens with two attached hydrogens (primary N) is 1. The molecule has 0 unspecified atom stereocenters. The Kier molecular flexibility index (Phi) is 7.21. The molecule has 0 radical (unpaired) electrons. The second kappa shape index (κ2) is 6.65. The molecule has 0 aromatic heterocycles. The summed E-state index contributed by atoms with van der Waals surface area (Å²) in [6.45, 7) is 1.53. The van der Waals surface area contributed by atoms with E-state index in [2.05, 4.69) is 5.73 Å². The summed E-state index contributed by atoms with van der Waals surface area (Å²) in [5.41, 5.74) is 4.52. The molecule has 0 amide bonds. The van der Waals surface area contributed by atoms with Gasteiger partial charge in [0, 0.05) is 0 Å². The summed E-state index contributed by atoms with van der Waals surface area (Å²) < 4.78 is 86.3. The normalized spacial score (nSPS) is 15.2. The van der Waals surface area contributed by atoms with E-state index in [-0.39, 0.29) is 18.8 Å². The Morgan fingerprint density at radius 2 is 1.58 bits per heavy atom. The summed E-state index contributed by atoms with van der Waals surface area (Å²) in [5, 5.41) is -0.576. The van der Waals surface area contributed by atoms with Crippen LogP contribution < -0.4 is 23.1 Å². The number of amidine groups is 1. The van der Waals surface area contributed by atoms with Gasteiger partial charge in [-0.2, -0.15) is 30.7 Å². The Labute approximate surface area is 114 Å². The minimum Gasteiger partial charge on any atom is -1.00 e. The summed E-state index contributed by atoms with van der Waals surface area (Å²) >= 11 is 5.24. The molecule has 0 fully saturated rings. The van der Waals surface area contributed by atoms with E-state index in [0.29, 0.717) is 0 Å². The van der Waals surface area contributed by atoms with Crippen molar-refractivity contribution >= 4 is 17.4 Å². The van der Waals surface area contributed by atoms with Crippen molar-refractivity contribution < 1.29 is 48.1 Å². The summed E-state index contributed by atoms with van der Waals surface area (Å²) in [4.78, 5) is 1.39. The fourth-order valence-corrected chi connectivity index (χ4v) is 1.04. The lowest BCUT2D eigenvalue weighted by molar-refractivity contribution is -0.409. The molecule has 0 rings (SSSR count). The number of hydrogen-bond donors (Lipinski definition) is 2. The Hall–Kier alpha value is -0.700. The van der Waals surface area contributed by atoms with Gasteiger partial charge < -0.3 is 12.4 Å². The molecule has 3 N–H and O–H groups in total. The first kappa shape index (κ1) is 20.6. The molecule has 0 aromatic carbocycles. The maximum atomic E-state index is 12.9. The van der Waals surface area contributed by atoms with Gasteiger partial charge in [-0.25, -0.2) is 4.99 Å².